The number of aliphatic hydroxyl groups is 1. The average molecular weight is 244 g/mol. The Labute approximate surface area is 105 Å². The molecule has 102 valence electrons. The maximum atomic E-state index is 10.2. The fourth-order valence-electron chi connectivity index (χ4n) is 2.35. The molecule has 0 spiro atoms. The fourth-order valence-corrected chi connectivity index (χ4v) is 2.35. The van der Waals surface area contributed by atoms with E-state index in [-0.39, 0.29) is 17.6 Å². The lowest BCUT2D eigenvalue weighted by Crippen LogP contribution is -2.44. The van der Waals surface area contributed by atoms with Crippen molar-refractivity contribution in [2.75, 3.05) is 19.8 Å². The van der Waals surface area contributed by atoms with Crippen molar-refractivity contribution in [3.63, 3.8) is 0 Å². The summed E-state index contributed by atoms with van der Waals surface area (Å²) in [6.45, 7) is 8.44. The van der Waals surface area contributed by atoms with Gasteiger partial charge in [-0.25, -0.2) is 0 Å². The number of rotatable bonds is 7. The Bertz CT molecular complexity index is 204. The second kappa shape index (κ2) is 7.34. The Morgan fingerprint density at radius 1 is 1.24 bits per heavy atom. The summed E-state index contributed by atoms with van der Waals surface area (Å²) < 4.78 is 11.2. The summed E-state index contributed by atoms with van der Waals surface area (Å²) in [7, 11) is 0. The summed E-state index contributed by atoms with van der Waals surface area (Å²) in [6.07, 6.45) is 5.13. The number of hydrogen-bond acceptors (Lipinski definition) is 3. The molecule has 17 heavy (non-hydrogen) atoms. The molecule has 3 nitrogen and oxygen atoms in total. The molecule has 2 atom stereocenters. The van der Waals surface area contributed by atoms with Gasteiger partial charge in [-0.2, -0.15) is 0 Å². The van der Waals surface area contributed by atoms with E-state index in [2.05, 4.69) is 20.8 Å². The zero-order valence-electron chi connectivity index (χ0n) is 11.6. The van der Waals surface area contributed by atoms with Gasteiger partial charge >= 0.3 is 0 Å². The largest absolute Gasteiger partial charge is 0.390 e. The number of ether oxygens (including phenoxy) is 2. The van der Waals surface area contributed by atoms with E-state index in [1.54, 1.807) is 0 Å². The quantitative estimate of drug-likeness (QED) is 0.700. The van der Waals surface area contributed by atoms with Crippen LogP contribution in [0.15, 0.2) is 0 Å². The molecule has 0 amide bonds. The highest BCUT2D eigenvalue weighted by Crippen LogP contribution is 2.36. The van der Waals surface area contributed by atoms with Crippen LogP contribution in [0.3, 0.4) is 0 Å². The Balaban J connectivity index is 2.14. The van der Waals surface area contributed by atoms with Crippen molar-refractivity contribution in [2.24, 2.45) is 5.41 Å². The van der Waals surface area contributed by atoms with Crippen LogP contribution in [0.4, 0.5) is 0 Å². The molecule has 1 rings (SSSR count). The van der Waals surface area contributed by atoms with Crippen molar-refractivity contribution in [1.82, 2.24) is 0 Å². The first-order valence-corrected chi connectivity index (χ1v) is 6.95. The average Bonchev–Trinajstić information content (AvgIpc) is 2.29. The van der Waals surface area contributed by atoms with E-state index in [1.165, 1.54) is 0 Å². The molecule has 0 radical (unpaired) electrons. The predicted molar refractivity (Wildman–Crippen MR) is 69.1 cm³/mol. The van der Waals surface area contributed by atoms with Gasteiger partial charge in [-0.3, -0.25) is 0 Å². The monoisotopic (exact) mass is 244 g/mol. The Morgan fingerprint density at radius 3 is 2.71 bits per heavy atom. The van der Waals surface area contributed by atoms with Crippen LogP contribution in [0.5, 0.6) is 0 Å². The molecule has 1 aliphatic carbocycles. The molecule has 0 aromatic rings. The van der Waals surface area contributed by atoms with E-state index in [4.69, 9.17) is 9.47 Å². The molecule has 0 heterocycles. The zero-order valence-corrected chi connectivity index (χ0v) is 11.6. The van der Waals surface area contributed by atoms with Crippen molar-refractivity contribution in [1.29, 1.82) is 0 Å². The lowest BCUT2D eigenvalue weighted by Gasteiger charge is -2.40. The van der Waals surface area contributed by atoms with Gasteiger partial charge in [0, 0.05) is 6.61 Å². The standard InChI is InChI=1S/C14H28O3/c1-4-5-9-16-10-11-17-12-7-6-8-14(2,3)13(12)15/h12-13,15H,4-11H2,1-3H3. The molecule has 0 aromatic heterocycles. The smallest absolute Gasteiger partial charge is 0.0852 e. The third-order valence-electron chi connectivity index (χ3n) is 3.66. The summed E-state index contributed by atoms with van der Waals surface area (Å²) in [5, 5.41) is 10.2. The molecule has 0 bridgehead atoms. The summed E-state index contributed by atoms with van der Waals surface area (Å²) in [4.78, 5) is 0. The summed E-state index contributed by atoms with van der Waals surface area (Å²) in [6, 6.07) is 0. The molecule has 3 heteroatoms. The number of aliphatic hydroxyl groups excluding tert-OH is 1. The topological polar surface area (TPSA) is 38.7 Å². The van der Waals surface area contributed by atoms with Crippen LogP contribution in [0.2, 0.25) is 0 Å². The van der Waals surface area contributed by atoms with E-state index >= 15 is 0 Å². The summed E-state index contributed by atoms with van der Waals surface area (Å²) >= 11 is 0. The van der Waals surface area contributed by atoms with Gasteiger partial charge in [-0.05, 0) is 24.7 Å². The van der Waals surface area contributed by atoms with E-state index < -0.39 is 0 Å². The molecular weight excluding hydrogens is 216 g/mol. The van der Waals surface area contributed by atoms with Gasteiger partial charge in [0.05, 0.1) is 25.4 Å². The van der Waals surface area contributed by atoms with Crippen molar-refractivity contribution < 1.29 is 14.6 Å². The van der Waals surface area contributed by atoms with Gasteiger partial charge in [0.15, 0.2) is 0 Å². The van der Waals surface area contributed by atoms with Gasteiger partial charge in [-0.1, -0.05) is 33.6 Å². The van der Waals surface area contributed by atoms with Gasteiger partial charge in [0.25, 0.3) is 0 Å². The van der Waals surface area contributed by atoms with Crippen molar-refractivity contribution >= 4 is 0 Å². The van der Waals surface area contributed by atoms with Gasteiger partial charge in [0.1, 0.15) is 0 Å². The Kier molecular flexibility index (Phi) is 6.45. The normalized spacial score (nSPS) is 28.2. The maximum absolute atomic E-state index is 10.2. The van der Waals surface area contributed by atoms with Crippen molar-refractivity contribution in [2.45, 2.75) is 65.1 Å². The van der Waals surface area contributed by atoms with Crippen LogP contribution in [-0.2, 0) is 9.47 Å². The van der Waals surface area contributed by atoms with Gasteiger partial charge in [-0.15, -0.1) is 0 Å². The highest BCUT2D eigenvalue weighted by molar-refractivity contribution is 4.88. The first kappa shape index (κ1) is 14.9. The van der Waals surface area contributed by atoms with Crippen LogP contribution in [0, 0.1) is 5.41 Å². The molecule has 0 aromatic carbocycles. The van der Waals surface area contributed by atoms with Crippen LogP contribution in [-0.4, -0.2) is 37.1 Å². The molecule has 0 saturated heterocycles. The van der Waals surface area contributed by atoms with Crippen LogP contribution in [0.1, 0.15) is 52.9 Å². The van der Waals surface area contributed by atoms with Crippen LogP contribution < -0.4 is 0 Å². The lowest BCUT2D eigenvalue weighted by atomic mass is 9.73. The second-order valence-corrected chi connectivity index (χ2v) is 5.70. The first-order chi connectivity index (χ1) is 8.08. The molecule has 1 fully saturated rings. The minimum absolute atomic E-state index is 0.00600. The molecular formula is C14H28O3. The maximum Gasteiger partial charge on any atom is 0.0852 e. The zero-order chi connectivity index (χ0) is 12.7. The second-order valence-electron chi connectivity index (χ2n) is 5.70. The van der Waals surface area contributed by atoms with E-state index in [0.29, 0.717) is 13.2 Å². The lowest BCUT2D eigenvalue weighted by molar-refractivity contribution is -0.120. The Hall–Kier alpha value is -0.120. The summed E-state index contributed by atoms with van der Waals surface area (Å²) in [5.41, 5.74) is -0.00795. The third-order valence-corrected chi connectivity index (χ3v) is 3.66. The fraction of sp³-hybridized carbons (Fsp3) is 1.00. The van der Waals surface area contributed by atoms with Gasteiger partial charge in [0.2, 0.25) is 0 Å². The highest BCUT2D eigenvalue weighted by Gasteiger charge is 2.38. The van der Waals surface area contributed by atoms with E-state index in [1.807, 2.05) is 0 Å². The third kappa shape index (κ3) is 4.94. The minimum Gasteiger partial charge on any atom is -0.390 e. The molecule has 2 unspecified atom stereocenters. The minimum atomic E-state index is -0.341. The number of hydrogen-bond donors (Lipinski definition) is 1. The van der Waals surface area contributed by atoms with Gasteiger partial charge < -0.3 is 14.6 Å². The molecule has 1 N–H and O–H groups in total. The van der Waals surface area contributed by atoms with E-state index in [0.717, 1.165) is 38.7 Å². The number of unbranched alkanes of at least 4 members (excludes halogenated alkanes) is 1. The van der Waals surface area contributed by atoms with Crippen molar-refractivity contribution in [3.8, 4) is 0 Å². The highest BCUT2D eigenvalue weighted by atomic mass is 16.5. The van der Waals surface area contributed by atoms with Crippen molar-refractivity contribution in [3.05, 3.63) is 0 Å². The summed E-state index contributed by atoms with van der Waals surface area (Å²) in [5.74, 6) is 0. The molecule has 1 aliphatic rings. The molecule has 1 saturated carbocycles. The van der Waals surface area contributed by atoms with E-state index in [9.17, 15) is 5.11 Å². The van der Waals surface area contributed by atoms with Crippen LogP contribution >= 0.6 is 0 Å². The predicted octanol–water partition coefficient (Wildman–Crippen LogP) is 2.76. The first-order valence-electron chi connectivity index (χ1n) is 6.95. The van der Waals surface area contributed by atoms with Crippen LogP contribution in [0.25, 0.3) is 0 Å². The Morgan fingerprint density at radius 2 is 2.00 bits per heavy atom. The SMILES string of the molecule is CCCCOCCOC1CCCC(C)(C)C1O. The molecule has 0 aliphatic heterocycles.